The number of thiophene rings is 2. The highest BCUT2D eigenvalue weighted by Crippen LogP contribution is 2.39. The van der Waals surface area contributed by atoms with Crippen molar-refractivity contribution >= 4 is 50.4 Å². The van der Waals surface area contributed by atoms with Crippen LogP contribution in [0.2, 0.25) is 0 Å². The van der Waals surface area contributed by atoms with Crippen LogP contribution in [0, 0.1) is 0 Å². The molecular formula is C23H19F3N4O3S2. The molecule has 35 heavy (non-hydrogen) atoms. The molecule has 5 rings (SSSR count). The fourth-order valence-corrected chi connectivity index (χ4v) is 5.77. The molecule has 0 spiro atoms. The Kier molecular flexibility index (Phi) is 6.69. The lowest BCUT2D eigenvalue weighted by molar-refractivity contribution is -0.189. The number of alkyl halides is 3. The van der Waals surface area contributed by atoms with E-state index >= 15 is 0 Å². The number of anilines is 2. The average molecular weight is 521 g/mol. The molecule has 1 aromatic carbocycles. The van der Waals surface area contributed by atoms with Crippen LogP contribution in [0.15, 0.2) is 48.8 Å². The number of esters is 1. The maximum Gasteiger partial charge on any atom is 0.491 e. The van der Waals surface area contributed by atoms with E-state index in [1.54, 1.807) is 17.4 Å². The van der Waals surface area contributed by atoms with Gasteiger partial charge in [0.15, 0.2) is 5.82 Å². The van der Waals surface area contributed by atoms with Gasteiger partial charge in [-0.05, 0) is 30.3 Å². The molecule has 182 valence electrons. The summed E-state index contributed by atoms with van der Waals surface area (Å²) < 4.78 is 48.2. The maximum atomic E-state index is 12.5. The SMILES string of the molecule is O=C(Oc1cccc(Nc2ncnc3cc(-c4ccc(CN5CCOCC5)s4)sc23)c1)C(F)(F)F. The number of hydrogen-bond donors (Lipinski definition) is 1. The van der Waals surface area contributed by atoms with E-state index in [0.29, 0.717) is 11.5 Å². The minimum Gasteiger partial charge on any atom is -0.420 e. The van der Waals surface area contributed by atoms with E-state index < -0.39 is 12.1 Å². The molecule has 0 amide bonds. The number of morpholine rings is 1. The molecule has 0 unspecified atom stereocenters. The van der Waals surface area contributed by atoms with Gasteiger partial charge in [0.05, 0.1) is 23.4 Å². The predicted molar refractivity (Wildman–Crippen MR) is 128 cm³/mol. The van der Waals surface area contributed by atoms with Crippen LogP contribution in [-0.4, -0.2) is 53.3 Å². The van der Waals surface area contributed by atoms with Crippen molar-refractivity contribution in [3.63, 3.8) is 0 Å². The predicted octanol–water partition coefficient (Wildman–Crippen LogP) is 5.46. The van der Waals surface area contributed by atoms with Crippen molar-refractivity contribution < 1.29 is 27.4 Å². The van der Waals surface area contributed by atoms with Crippen LogP contribution in [0.25, 0.3) is 20.0 Å². The van der Waals surface area contributed by atoms with Gasteiger partial charge < -0.3 is 14.8 Å². The number of hydrogen-bond acceptors (Lipinski definition) is 9. The molecule has 1 fully saturated rings. The van der Waals surface area contributed by atoms with Crippen molar-refractivity contribution in [3.8, 4) is 15.5 Å². The summed E-state index contributed by atoms with van der Waals surface area (Å²) in [5, 5.41) is 3.10. The zero-order valence-corrected chi connectivity index (χ0v) is 19.8. The number of carbonyl (C=O) groups is 1. The summed E-state index contributed by atoms with van der Waals surface area (Å²) in [6.07, 6.45) is -3.65. The summed E-state index contributed by atoms with van der Waals surface area (Å²) in [5.41, 5.74) is 1.18. The zero-order chi connectivity index (χ0) is 24.4. The van der Waals surface area contributed by atoms with Gasteiger partial charge in [0.2, 0.25) is 0 Å². The second-order valence-corrected chi connectivity index (χ2v) is 9.96. The third-order valence-corrected chi connectivity index (χ3v) is 7.63. The van der Waals surface area contributed by atoms with Gasteiger partial charge in [0.25, 0.3) is 0 Å². The first kappa shape index (κ1) is 23.7. The number of carbonyl (C=O) groups excluding carboxylic acids is 1. The van der Waals surface area contributed by atoms with Gasteiger partial charge in [0.1, 0.15) is 12.1 Å². The smallest absolute Gasteiger partial charge is 0.420 e. The minimum absolute atomic E-state index is 0.221. The highest BCUT2D eigenvalue weighted by molar-refractivity contribution is 7.26. The number of rotatable bonds is 6. The number of aromatic nitrogens is 2. The van der Waals surface area contributed by atoms with Crippen molar-refractivity contribution in [2.24, 2.45) is 0 Å². The Hall–Kier alpha value is -3.06. The fraction of sp³-hybridized carbons (Fsp3) is 0.261. The van der Waals surface area contributed by atoms with Crippen LogP contribution in [0.4, 0.5) is 24.7 Å². The van der Waals surface area contributed by atoms with Crippen LogP contribution in [-0.2, 0) is 16.1 Å². The summed E-state index contributed by atoms with van der Waals surface area (Å²) in [5.74, 6) is -1.98. The maximum absolute atomic E-state index is 12.5. The minimum atomic E-state index is -5.07. The molecule has 1 aliphatic rings. The molecule has 3 aromatic heterocycles. The Labute approximate surface area is 206 Å². The largest absolute Gasteiger partial charge is 0.491 e. The van der Waals surface area contributed by atoms with Gasteiger partial charge in [-0.2, -0.15) is 13.2 Å². The molecule has 4 heterocycles. The molecule has 0 atom stereocenters. The number of nitrogens with zero attached hydrogens (tertiary/aromatic N) is 3. The Balaban J connectivity index is 1.34. The Bertz CT molecular complexity index is 1350. The Morgan fingerprint density at radius 3 is 2.71 bits per heavy atom. The summed E-state index contributed by atoms with van der Waals surface area (Å²) in [7, 11) is 0. The molecule has 4 aromatic rings. The van der Waals surface area contributed by atoms with Crippen LogP contribution in [0.1, 0.15) is 4.88 Å². The van der Waals surface area contributed by atoms with E-state index in [-0.39, 0.29) is 5.75 Å². The van der Waals surface area contributed by atoms with Crippen LogP contribution in [0.3, 0.4) is 0 Å². The molecular weight excluding hydrogens is 501 g/mol. The van der Waals surface area contributed by atoms with Crippen LogP contribution < -0.4 is 10.1 Å². The third kappa shape index (κ3) is 5.61. The van der Waals surface area contributed by atoms with Gasteiger partial charge in [-0.3, -0.25) is 4.90 Å². The first-order valence-electron chi connectivity index (χ1n) is 10.6. The van der Waals surface area contributed by atoms with E-state index in [2.05, 4.69) is 37.1 Å². The van der Waals surface area contributed by atoms with E-state index in [4.69, 9.17) is 4.74 Å². The summed E-state index contributed by atoms with van der Waals surface area (Å²) >= 11 is 3.26. The van der Waals surface area contributed by atoms with Gasteiger partial charge in [-0.15, -0.1) is 22.7 Å². The molecule has 7 nitrogen and oxygen atoms in total. The number of fused-ring (bicyclic) bond motifs is 1. The molecule has 0 bridgehead atoms. The number of benzene rings is 1. The summed E-state index contributed by atoms with van der Waals surface area (Å²) in [6, 6.07) is 12.0. The lowest BCUT2D eigenvalue weighted by Gasteiger charge is -2.25. The lowest BCUT2D eigenvalue weighted by atomic mass is 10.3. The Morgan fingerprint density at radius 2 is 1.91 bits per heavy atom. The monoisotopic (exact) mass is 520 g/mol. The molecule has 1 N–H and O–H groups in total. The van der Waals surface area contributed by atoms with Crippen molar-refractivity contribution in [1.29, 1.82) is 0 Å². The molecule has 0 radical (unpaired) electrons. The van der Waals surface area contributed by atoms with E-state index in [1.807, 2.05) is 6.07 Å². The van der Waals surface area contributed by atoms with Crippen molar-refractivity contribution in [2.45, 2.75) is 12.7 Å². The second-order valence-electron chi connectivity index (χ2n) is 7.74. The third-order valence-electron chi connectivity index (χ3n) is 5.24. The number of ether oxygens (including phenoxy) is 2. The number of halogens is 3. The van der Waals surface area contributed by atoms with Crippen molar-refractivity contribution in [2.75, 3.05) is 31.6 Å². The van der Waals surface area contributed by atoms with Crippen LogP contribution in [0.5, 0.6) is 5.75 Å². The summed E-state index contributed by atoms with van der Waals surface area (Å²) in [6.45, 7) is 4.27. The average Bonchev–Trinajstić information content (AvgIpc) is 3.47. The van der Waals surface area contributed by atoms with E-state index in [1.165, 1.54) is 40.7 Å². The molecule has 1 saturated heterocycles. The first-order chi connectivity index (χ1) is 16.8. The fourth-order valence-electron chi connectivity index (χ4n) is 3.58. The highest BCUT2D eigenvalue weighted by Gasteiger charge is 2.41. The Morgan fingerprint density at radius 1 is 1.09 bits per heavy atom. The number of nitrogens with one attached hydrogen (secondary N) is 1. The molecule has 12 heteroatoms. The molecule has 0 saturated carbocycles. The first-order valence-corrected chi connectivity index (χ1v) is 12.3. The zero-order valence-electron chi connectivity index (χ0n) is 18.2. The van der Waals surface area contributed by atoms with Crippen molar-refractivity contribution in [1.82, 2.24) is 14.9 Å². The lowest BCUT2D eigenvalue weighted by Crippen LogP contribution is -2.35. The van der Waals surface area contributed by atoms with E-state index in [9.17, 15) is 18.0 Å². The van der Waals surface area contributed by atoms with E-state index in [0.717, 1.165) is 52.8 Å². The standard InChI is InChI=1S/C23H19F3N4O3S2/c24-23(25,26)22(31)33-15-3-1-2-14(10-15)29-21-20-17(27-13-28-21)11-19(35-20)18-5-4-16(34-18)12-30-6-8-32-9-7-30/h1-5,10-11,13H,6-9,12H2,(H,27,28,29). The molecule has 0 aliphatic carbocycles. The van der Waals surface area contributed by atoms with Crippen LogP contribution >= 0.6 is 22.7 Å². The topological polar surface area (TPSA) is 76.6 Å². The van der Waals surface area contributed by atoms with Gasteiger partial charge in [0, 0.05) is 46.0 Å². The normalized spacial score (nSPS) is 14.8. The second kappa shape index (κ2) is 9.90. The quantitative estimate of drug-likeness (QED) is 0.267. The summed E-state index contributed by atoms with van der Waals surface area (Å²) in [4.78, 5) is 25.6. The molecule has 1 aliphatic heterocycles. The van der Waals surface area contributed by atoms with Crippen molar-refractivity contribution in [3.05, 3.63) is 53.7 Å². The van der Waals surface area contributed by atoms with Gasteiger partial charge in [-0.25, -0.2) is 14.8 Å². The highest BCUT2D eigenvalue weighted by atomic mass is 32.1. The van der Waals surface area contributed by atoms with Gasteiger partial charge in [-0.1, -0.05) is 6.07 Å². The van der Waals surface area contributed by atoms with Gasteiger partial charge >= 0.3 is 12.1 Å².